The summed E-state index contributed by atoms with van der Waals surface area (Å²) in [5, 5.41) is 21.9. The minimum atomic E-state index is -0.987. The number of carbonyl (C=O) groups is 1. The summed E-state index contributed by atoms with van der Waals surface area (Å²) in [6.07, 6.45) is 0.527. The lowest BCUT2D eigenvalue weighted by molar-refractivity contribution is 0.0135. The van der Waals surface area contributed by atoms with Crippen molar-refractivity contribution in [2.24, 2.45) is 5.92 Å². The minimum Gasteiger partial charge on any atom is -0.471 e. The van der Waals surface area contributed by atoms with Crippen LogP contribution in [0.15, 0.2) is 18.2 Å². The Bertz CT molecular complexity index is 1350. The molecule has 4 atom stereocenters. The van der Waals surface area contributed by atoms with Gasteiger partial charge in [-0.15, -0.1) is 0 Å². The van der Waals surface area contributed by atoms with Gasteiger partial charge in [0.05, 0.1) is 42.0 Å². The predicted molar refractivity (Wildman–Crippen MR) is 131 cm³/mol. The van der Waals surface area contributed by atoms with Crippen LogP contribution in [0.1, 0.15) is 42.6 Å². The molecule has 2 fully saturated rings. The van der Waals surface area contributed by atoms with Gasteiger partial charge in [-0.3, -0.25) is 4.79 Å². The summed E-state index contributed by atoms with van der Waals surface area (Å²) in [5.74, 6) is -2.76. The number of imidazole rings is 1. The second kappa shape index (κ2) is 10.3. The Balaban J connectivity index is 1.28. The van der Waals surface area contributed by atoms with E-state index in [4.69, 9.17) is 25.8 Å². The van der Waals surface area contributed by atoms with Gasteiger partial charge in [-0.1, -0.05) is 11.6 Å². The first-order valence-electron chi connectivity index (χ1n) is 12.1. The number of H-pyrrole nitrogens is 1. The van der Waals surface area contributed by atoms with Gasteiger partial charge < -0.3 is 34.7 Å². The van der Waals surface area contributed by atoms with Crippen molar-refractivity contribution in [1.29, 1.82) is 0 Å². The Morgan fingerprint density at radius 3 is 2.71 bits per heavy atom. The van der Waals surface area contributed by atoms with Gasteiger partial charge in [-0.05, 0) is 44.9 Å². The number of hydrogen-bond donors (Lipinski definition) is 4. The van der Waals surface area contributed by atoms with Gasteiger partial charge in [0.25, 0.3) is 11.9 Å². The standard InChI is InChI=1S/C25H27ClF2N4O6/c1-25(2,10-33)32-22(35)11-5-15(27)13(16(28)6-11)8-37-23-14(26)7-17-21(30-23)31-24(29-17)38-19-4-3-12-18(34)9-36-20(12)19/h5-7,12,18-20,33-34H,3-4,8-10H2,1-2H3,(H,32,35)(H,29,30,31)/t12?,18-,19-,20+/m1/s1. The van der Waals surface area contributed by atoms with E-state index in [2.05, 4.69) is 20.3 Å². The first kappa shape index (κ1) is 26.5. The van der Waals surface area contributed by atoms with Gasteiger partial charge in [0.2, 0.25) is 5.88 Å². The average Bonchev–Trinajstić information content (AvgIpc) is 3.55. The number of aliphatic hydroxyl groups is 2. The van der Waals surface area contributed by atoms with Crippen molar-refractivity contribution in [1.82, 2.24) is 20.3 Å². The summed E-state index contributed by atoms with van der Waals surface area (Å²) in [6.45, 7) is 2.53. The van der Waals surface area contributed by atoms with Crippen molar-refractivity contribution in [2.45, 2.75) is 57.1 Å². The highest BCUT2D eigenvalue weighted by Gasteiger charge is 2.47. The van der Waals surface area contributed by atoms with E-state index in [0.717, 1.165) is 18.6 Å². The van der Waals surface area contributed by atoms with Gasteiger partial charge >= 0.3 is 0 Å². The molecule has 1 aliphatic carbocycles. The molecular weight excluding hydrogens is 526 g/mol. The average molecular weight is 553 g/mol. The molecule has 0 radical (unpaired) electrons. The van der Waals surface area contributed by atoms with E-state index in [1.807, 2.05) is 0 Å². The number of aliphatic hydroxyl groups excluding tert-OH is 2. The third-order valence-corrected chi connectivity index (χ3v) is 7.04. The van der Waals surface area contributed by atoms with E-state index in [1.54, 1.807) is 13.8 Å². The number of pyridine rings is 1. The first-order chi connectivity index (χ1) is 18.0. The molecule has 0 spiro atoms. The molecule has 1 saturated carbocycles. The number of ether oxygens (including phenoxy) is 3. The number of hydrogen-bond acceptors (Lipinski definition) is 8. The van der Waals surface area contributed by atoms with Gasteiger partial charge in [0.1, 0.15) is 29.4 Å². The van der Waals surface area contributed by atoms with Crippen molar-refractivity contribution in [3.8, 4) is 11.9 Å². The number of amides is 1. The van der Waals surface area contributed by atoms with Crippen molar-refractivity contribution in [2.75, 3.05) is 13.2 Å². The number of carbonyl (C=O) groups excluding carboxylic acids is 1. The molecule has 2 aromatic heterocycles. The highest BCUT2D eigenvalue weighted by molar-refractivity contribution is 6.32. The second-order valence-electron chi connectivity index (χ2n) is 10.2. The Morgan fingerprint density at radius 2 is 2.00 bits per heavy atom. The van der Waals surface area contributed by atoms with E-state index in [1.165, 1.54) is 6.07 Å². The molecule has 3 heterocycles. The molecule has 1 aromatic carbocycles. The predicted octanol–water partition coefficient (Wildman–Crippen LogP) is 2.89. The van der Waals surface area contributed by atoms with Gasteiger partial charge in [-0.2, -0.15) is 9.97 Å². The Morgan fingerprint density at radius 1 is 1.26 bits per heavy atom. The summed E-state index contributed by atoms with van der Waals surface area (Å²) in [7, 11) is 0. The summed E-state index contributed by atoms with van der Waals surface area (Å²) in [6, 6.07) is 3.49. The van der Waals surface area contributed by atoms with Crippen LogP contribution < -0.4 is 14.8 Å². The fourth-order valence-electron chi connectivity index (χ4n) is 4.67. The lowest BCUT2D eigenvalue weighted by atomic mass is 10.0. The van der Waals surface area contributed by atoms with Crippen LogP contribution in [-0.2, 0) is 11.3 Å². The minimum absolute atomic E-state index is 0.0357. The number of aromatic amines is 1. The number of fused-ring (bicyclic) bond motifs is 2. The van der Waals surface area contributed by atoms with Crippen molar-refractivity contribution < 1.29 is 38.0 Å². The highest BCUT2D eigenvalue weighted by atomic mass is 35.5. The van der Waals surface area contributed by atoms with Crippen molar-refractivity contribution in [3.63, 3.8) is 0 Å². The second-order valence-corrected chi connectivity index (χ2v) is 10.6. The van der Waals surface area contributed by atoms with Crippen LogP contribution in [0.5, 0.6) is 11.9 Å². The van der Waals surface area contributed by atoms with Crippen molar-refractivity contribution >= 4 is 28.7 Å². The molecule has 10 nitrogen and oxygen atoms in total. The molecular formula is C25H27ClF2N4O6. The third-order valence-electron chi connectivity index (χ3n) is 6.77. The SMILES string of the molecule is CC(C)(CO)NC(=O)c1cc(F)c(COc2nc3nc(O[C@@H]4CCC5[C@H](O)CO[C@@H]54)[nH]c3cc2Cl)c(F)c1. The third kappa shape index (κ3) is 5.26. The summed E-state index contributed by atoms with van der Waals surface area (Å²) in [4.78, 5) is 23.8. The van der Waals surface area contributed by atoms with E-state index in [0.29, 0.717) is 11.9 Å². The fourth-order valence-corrected chi connectivity index (χ4v) is 4.88. The lowest BCUT2D eigenvalue weighted by Gasteiger charge is -2.23. The van der Waals surface area contributed by atoms with Crippen LogP contribution in [0.2, 0.25) is 5.02 Å². The van der Waals surface area contributed by atoms with Gasteiger partial charge in [-0.25, -0.2) is 8.78 Å². The molecule has 3 aromatic rings. The molecule has 1 unspecified atom stereocenters. The van der Waals surface area contributed by atoms with Crippen molar-refractivity contribution in [3.05, 3.63) is 46.0 Å². The number of benzene rings is 1. The molecule has 0 bridgehead atoms. The van der Waals surface area contributed by atoms with E-state index < -0.39 is 41.4 Å². The number of halogens is 3. The summed E-state index contributed by atoms with van der Waals surface area (Å²) in [5.41, 5.74) is -0.922. The largest absolute Gasteiger partial charge is 0.471 e. The molecule has 13 heteroatoms. The van der Waals surface area contributed by atoms with Gasteiger partial charge in [0, 0.05) is 11.5 Å². The Hall–Kier alpha value is -3.06. The number of nitrogens with zero attached hydrogens (tertiary/aromatic N) is 2. The Kier molecular flexibility index (Phi) is 7.16. The van der Waals surface area contributed by atoms with E-state index in [-0.39, 0.29) is 59.5 Å². The number of nitrogens with one attached hydrogen (secondary N) is 2. The zero-order valence-corrected chi connectivity index (χ0v) is 21.4. The monoisotopic (exact) mass is 552 g/mol. The smallest absolute Gasteiger partial charge is 0.296 e. The van der Waals surface area contributed by atoms with Gasteiger partial charge in [0.15, 0.2) is 5.65 Å². The number of aromatic nitrogens is 3. The molecule has 5 rings (SSSR count). The van der Waals surface area contributed by atoms with E-state index in [9.17, 15) is 23.8 Å². The lowest BCUT2D eigenvalue weighted by Crippen LogP contribution is -2.46. The molecule has 1 saturated heterocycles. The Labute approximate surface area is 221 Å². The van der Waals surface area contributed by atoms with Crippen LogP contribution >= 0.6 is 11.6 Å². The van der Waals surface area contributed by atoms with E-state index >= 15 is 0 Å². The summed E-state index contributed by atoms with van der Waals surface area (Å²) < 4.78 is 46.5. The van der Waals surface area contributed by atoms with Crippen LogP contribution in [0.4, 0.5) is 8.78 Å². The maximum Gasteiger partial charge on any atom is 0.296 e. The van der Waals surface area contributed by atoms with Crippen LogP contribution in [0.25, 0.3) is 11.2 Å². The quantitative estimate of drug-likeness (QED) is 0.335. The van der Waals surface area contributed by atoms with Crippen LogP contribution in [-0.4, -0.2) is 68.1 Å². The molecule has 2 aliphatic rings. The molecule has 4 N–H and O–H groups in total. The maximum atomic E-state index is 14.7. The normalized spacial score (nSPS) is 23.0. The first-order valence-corrected chi connectivity index (χ1v) is 12.5. The molecule has 1 amide bonds. The number of rotatable bonds is 8. The molecule has 1 aliphatic heterocycles. The maximum absolute atomic E-state index is 14.7. The highest BCUT2D eigenvalue weighted by Crippen LogP contribution is 2.38. The topological polar surface area (TPSA) is 139 Å². The summed E-state index contributed by atoms with van der Waals surface area (Å²) >= 11 is 6.27. The van der Waals surface area contributed by atoms with Crippen LogP contribution in [0, 0.1) is 17.6 Å². The zero-order chi connectivity index (χ0) is 27.2. The fraction of sp³-hybridized carbons (Fsp3) is 0.480. The molecule has 38 heavy (non-hydrogen) atoms. The van der Waals surface area contributed by atoms with Crippen LogP contribution in [0.3, 0.4) is 0 Å². The zero-order valence-electron chi connectivity index (χ0n) is 20.6. The molecule has 204 valence electrons.